The van der Waals surface area contributed by atoms with Gasteiger partial charge in [-0.3, -0.25) is 9.36 Å². The predicted molar refractivity (Wildman–Crippen MR) is 75.7 cm³/mol. The molecule has 0 saturated heterocycles. The van der Waals surface area contributed by atoms with Crippen LogP contribution in [0.5, 0.6) is 0 Å². The number of carbonyl (C=O) groups excluding carboxylic acids is 1. The number of hydrogen-bond acceptors (Lipinski definition) is 4. The Labute approximate surface area is 116 Å². The molecule has 1 atom stereocenters. The summed E-state index contributed by atoms with van der Waals surface area (Å²) in [5.41, 5.74) is 1.69. The van der Waals surface area contributed by atoms with E-state index in [1.807, 2.05) is 30.3 Å². The first-order valence-corrected chi connectivity index (χ1v) is 6.63. The van der Waals surface area contributed by atoms with E-state index in [1.54, 1.807) is 10.8 Å². The number of anilines is 1. The van der Waals surface area contributed by atoms with Crippen LogP contribution in [0.3, 0.4) is 0 Å². The summed E-state index contributed by atoms with van der Waals surface area (Å²) >= 11 is 0. The summed E-state index contributed by atoms with van der Waals surface area (Å²) in [6, 6.07) is 9.45. The van der Waals surface area contributed by atoms with E-state index >= 15 is 0 Å². The third-order valence-corrected chi connectivity index (χ3v) is 3.56. The summed E-state index contributed by atoms with van der Waals surface area (Å²) < 4.78 is 1.55. The molecule has 1 aromatic carbocycles. The Hall–Kier alpha value is -2.43. The van der Waals surface area contributed by atoms with Crippen molar-refractivity contribution in [3.63, 3.8) is 0 Å². The highest BCUT2D eigenvalue weighted by atomic mass is 16.1. The van der Waals surface area contributed by atoms with E-state index in [2.05, 4.69) is 10.3 Å². The molecule has 0 saturated carbocycles. The van der Waals surface area contributed by atoms with E-state index in [0.29, 0.717) is 18.8 Å². The van der Waals surface area contributed by atoms with Crippen LogP contribution >= 0.6 is 0 Å². The maximum Gasteiger partial charge on any atom is 0.294 e. The van der Waals surface area contributed by atoms with Gasteiger partial charge in [-0.2, -0.15) is 0 Å². The molecule has 0 spiro atoms. The van der Waals surface area contributed by atoms with Crippen molar-refractivity contribution in [1.29, 1.82) is 0 Å². The van der Waals surface area contributed by atoms with Crippen LogP contribution in [0.4, 0.5) is 5.82 Å². The molecule has 0 aliphatic carbocycles. The lowest BCUT2D eigenvalue weighted by Gasteiger charge is -2.11. The number of carbonyl (C=O) groups is 1. The van der Waals surface area contributed by atoms with Crippen LogP contribution in [0.15, 0.2) is 41.3 Å². The van der Waals surface area contributed by atoms with E-state index in [4.69, 9.17) is 0 Å². The minimum atomic E-state index is -0.349. The molecule has 2 aromatic rings. The van der Waals surface area contributed by atoms with Crippen LogP contribution in [0.1, 0.15) is 23.7 Å². The number of aldehydes is 1. The smallest absolute Gasteiger partial charge is 0.294 e. The first-order chi connectivity index (χ1) is 9.79. The second kappa shape index (κ2) is 5.28. The number of benzene rings is 1. The van der Waals surface area contributed by atoms with Gasteiger partial charge in [-0.15, -0.1) is 0 Å². The second-order valence-electron chi connectivity index (χ2n) is 4.85. The summed E-state index contributed by atoms with van der Waals surface area (Å²) in [5, 5.41) is 3.04. The van der Waals surface area contributed by atoms with Crippen LogP contribution in [-0.4, -0.2) is 15.8 Å². The van der Waals surface area contributed by atoms with Gasteiger partial charge in [0.05, 0.1) is 6.04 Å². The fraction of sp³-hybridized carbons (Fsp3) is 0.267. The first-order valence-electron chi connectivity index (χ1n) is 6.63. The van der Waals surface area contributed by atoms with Gasteiger partial charge in [-0.25, -0.2) is 4.98 Å². The van der Waals surface area contributed by atoms with Crippen LogP contribution in [0, 0.1) is 0 Å². The zero-order valence-electron chi connectivity index (χ0n) is 11.0. The molecule has 5 heteroatoms. The molecule has 3 rings (SSSR count). The zero-order chi connectivity index (χ0) is 13.9. The quantitative estimate of drug-likeness (QED) is 0.855. The fourth-order valence-corrected chi connectivity index (χ4v) is 2.51. The minimum absolute atomic E-state index is 0.215. The Morgan fingerprint density at radius 1 is 1.35 bits per heavy atom. The van der Waals surface area contributed by atoms with Crippen LogP contribution in [0.2, 0.25) is 0 Å². The molecule has 1 aliphatic rings. The van der Waals surface area contributed by atoms with Gasteiger partial charge < -0.3 is 10.1 Å². The maximum absolute atomic E-state index is 12.3. The molecule has 5 nitrogen and oxygen atoms in total. The van der Waals surface area contributed by atoms with Crippen molar-refractivity contribution in [3.05, 3.63) is 58.1 Å². The Morgan fingerprint density at radius 3 is 2.90 bits per heavy atom. The van der Waals surface area contributed by atoms with Crippen LogP contribution in [-0.2, 0) is 17.8 Å². The van der Waals surface area contributed by atoms with Crippen molar-refractivity contribution < 1.29 is 4.79 Å². The number of nitrogens with one attached hydrogen (secondary N) is 1. The Balaban J connectivity index is 1.85. The Morgan fingerprint density at radius 2 is 2.15 bits per heavy atom. The number of rotatable bonds is 4. The third-order valence-electron chi connectivity index (χ3n) is 3.56. The molecule has 2 heterocycles. The third kappa shape index (κ3) is 2.22. The molecule has 1 aliphatic heterocycles. The van der Waals surface area contributed by atoms with Gasteiger partial charge >= 0.3 is 0 Å². The summed E-state index contributed by atoms with van der Waals surface area (Å²) in [5.74, 6) is 0.298. The zero-order valence-corrected chi connectivity index (χ0v) is 11.0. The summed E-state index contributed by atoms with van der Waals surface area (Å²) in [4.78, 5) is 27.5. The van der Waals surface area contributed by atoms with Gasteiger partial charge in [0.25, 0.3) is 5.56 Å². The SMILES string of the molecule is O=CC1CCc2cnc(NCc3ccccc3)c(=O)n21. The lowest BCUT2D eigenvalue weighted by atomic mass is 10.2. The largest absolute Gasteiger partial charge is 0.361 e. The van der Waals surface area contributed by atoms with Crippen molar-refractivity contribution in [2.24, 2.45) is 0 Å². The molecule has 0 fully saturated rings. The summed E-state index contributed by atoms with van der Waals surface area (Å²) in [6.07, 6.45) is 3.92. The number of aryl methyl sites for hydroxylation is 1. The predicted octanol–water partition coefficient (Wildman–Crippen LogP) is 1.54. The highest BCUT2D eigenvalue weighted by Crippen LogP contribution is 2.21. The fourth-order valence-electron chi connectivity index (χ4n) is 2.51. The molecule has 1 aromatic heterocycles. The topological polar surface area (TPSA) is 64.0 Å². The molecular formula is C15H15N3O2. The molecule has 102 valence electrons. The van der Waals surface area contributed by atoms with Crippen molar-refractivity contribution in [3.8, 4) is 0 Å². The molecule has 1 unspecified atom stereocenters. The summed E-state index contributed by atoms with van der Waals surface area (Å²) in [6.45, 7) is 0.536. The molecule has 1 N–H and O–H groups in total. The van der Waals surface area contributed by atoms with Gasteiger partial charge in [0, 0.05) is 18.4 Å². The first kappa shape index (κ1) is 12.6. The molecule has 20 heavy (non-hydrogen) atoms. The minimum Gasteiger partial charge on any atom is -0.361 e. The van der Waals surface area contributed by atoms with Gasteiger partial charge in [-0.05, 0) is 18.4 Å². The maximum atomic E-state index is 12.3. The van der Waals surface area contributed by atoms with Gasteiger partial charge in [0.1, 0.15) is 6.29 Å². The van der Waals surface area contributed by atoms with Gasteiger partial charge in [0.2, 0.25) is 0 Å². The monoisotopic (exact) mass is 269 g/mol. The second-order valence-corrected chi connectivity index (χ2v) is 4.85. The average Bonchev–Trinajstić information content (AvgIpc) is 2.91. The molecule has 0 amide bonds. The number of hydrogen-bond donors (Lipinski definition) is 1. The highest BCUT2D eigenvalue weighted by molar-refractivity contribution is 5.57. The average molecular weight is 269 g/mol. The normalized spacial score (nSPS) is 16.7. The van der Waals surface area contributed by atoms with E-state index in [9.17, 15) is 9.59 Å². The number of nitrogens with zero attached hydrogens (tertiary/aromatic N) is 2. The van der Waals surface area contributed by atoms with Crippen molar-refractivity contribution >= 4 is 12.1 Å². The van der Waals surface area contributed by atoms with Gasteiger partial charge in [-0.1, -0.05) is 30.3 Å². The van der Waals surface area contributed by atoms with E-state index in [0.717, 1.165) is 24.0 Å². The van der Waals surface area contributed by atoms with E-state index < -0.39 is 0 Å². The molecular weight excluding hydrogens is 254 g/mol. The van der Waals surface area contributed by atoms with E-state index in [1.165, 1.54) is 0 Å². The molecule has 0 bridgehead atoms. The van der Waals surface area contributed by atoms with Crippen molar-refractivity contribution in [2.45, 2.75) is 25.4 Å². The Kier molecular flexibility index (Phi) is 3.33. The van der Waals surface area contributed by atoms with Crippen molar-refractivity contribution in [2.75, 3.05) is 5.32 Å². The number of fused-ring (bicyclic) bond motifs is 1. The van der Waals surface area contributed by atoms with E-state index in [-0.39, 0.29) is 11.6 Å². The van der Waals surface area contributed by atoms with Crippen molar-refractivity contribution in [1.82, 2.24) is 9.55 Å². The van der Waals surface area contributed by atoms with Crippen LogP contribution in [0.25, 0.3) is 0 Å². The Bertz CT molecular complexity index is 679. The van der Waals surface area contributed by atoms with Gasteiger partial charge in [0.15, 0.2) is 5.82 Å². The molecule has 0 radical (unpaired) electrons. The lowest BCUT2D eigenvalue weighted by molar-refractivity contribution is -0.110. The highest BCUT2D eigenvalue weighted by Gasteiger charge is 2.24. The van der Waals surface area contributed by atoms with Crippen LogP contribution < -0.4 is 10.9 Å². The standard InChI is InChI=1S/C15H15N3O2/c19-10-13-7-6-12-9-17-14(15(20)18(12)13)16-8-11-4-2-1-3-5-11/h1-5,9-10,13H,6-8H2,(H,16,17). The summed E-state index contributed by atoms with van der Waals surface area (Å²) in [7, 11) is 0. The lowest BCUT2D eigenvalue weighted by Crippen LogP contribution is -2.27. The number of aromatic nitrogens is 2.